The Balaban J connectivity index is 1.53. The van der Waals surface area contributed by atoms with Crippen LogP contribution in [-0.4, -0.2) is 29.0 Å². The van der Waals surface area contributed by atoms with E-state index in [1.165, 1.54) is 0 Å². The smallest absolute Gasteiger partial charge is 0.157 e. The van der Waals surface area contributed by atoms with Gasteiger partial charge in [0.05, 0.1) is 12.2 Å². The first-order valence-electron chi connectivity index (χ1n) is 12.7. The Kier molecular flexibility index (Phi) is 6.65. The van der Waals surface area contributed by atoms with Crippen LogP contribution in [0.2, 0.25) is 0 Å². The quantitative estimate of drug-likeness (QED) is 0.421. The number of rotatable bonds is 7. The molecule has 2 N–H and O–H groups in total. The molecule has 0 aromatic heterocycles. The van der Waals surface area contributed by atoms with E-state index in [0.29, 0.717) is 47.3 Å². The Bertz CT molecular complexity index is 1310. The molecule has 0 amide bonds. The van der Waals surface area contributed by atoms with Gasteiger partial charge < -0.3 is 29.2 Å². The Morgan fingerprint density at radius 1 is 1.05 bits per heavy atom. The highest BCUT2D eigenvalue weighted by Gasteiger charge is 2.48. The molecule has 0 bridgehead atoms. The van der Waals surface area contributed by atoms with Crippen molar-refractivity contribution in [2.75, 3.05) is 13.2 Å². The molecular weight excluding hydrogens is 468 g/mol. The van der Waals surface area contributed by atoms with Crippen molar-refractivity contribution in [2.45, 2.75) is 58.0 Å². The lowest BCUT2D eigenvalue weighted by molar-refractivity contribution is -0.123. The van der Waals surface area contributed by atoms with Gasteiger partial charge in [-0.2, -0.15) is 0 Å². The first-order chi connectivity index (χ1) is 17.7. The number of aliphatic hydroxyl groups is 2. The van der Waals surface area contributed by atoms with E-state index >= 15 is 0 Å². The maximum atomic E-state index is 12.0. The molecule has 2 atom stereocenters. The Morgan fingerprint density at radius 3 is 2.59 bits per heavy atom. The molecule has 37 heavy (non-hydrogen) atoms. The average Bonchev–Trinajstić information content (AvgIpc) is 2.88. The first-order valence-corrected chi connectivity index (χ1v) is 12.7. The number of aryl methyl sites for hydroxylation is 1. The van der Waals surface area contributed by atoms with Gasteiger partial charge >= 0.3 is 0 Å². The van der Waals surface area contributed by atoms with Crippen LogP contribution in [0.3, 0.4) is 0 Å². The summed E-state index contributed by atoms with van der Waals surface area (Å²) in [5.41, 5.74) is 1.35. The minimum absolute atomic E-state index is 0.148. The molecule has 2 aliphatic heterocycles. The van der Waals surface area contributed by atoms with Crippen molar-refractivity contribution in [1.82, 2.24) is 0 Å². The van der Waals surface area contributed by atoms with E-state index in [2.05, 4.69) is 0 Å². The van der Waals surface area contributed by atoms with Crippen molar-refractivity contribution >= 4 is 6.08 Å². The van der Waals surface area contributed by atoms with Crippen LogP contribution in [0.15, 0.2) is 60.7 Å². The summed E-state index contributed by atoms with van der Waals surface area (Å²) in [7, 11) is 0. The zero-order valence-electron chi connectivity index (χ0n) is 21.8. The molecule has 0 aliphatic carbocycles. The number of benzene rings is 3. The van der Waals surface area contributed by atoms with Gasteiger partial charge in [-0.05, 0) is 68.7 Å². The number of ether oxygens (including phenoxy) is 4. The minimum Gasteiger partial charge on any atom is -0.493 e. The van der Waals surface area contributed by atoms with Crippen LogP contribution in [0.1, 0.15) is 61.1 Å². The second kappa shape index (κ2) is 9.77. The highest BCUT2D eigenvalue weighted by atomic mass is 16.5. The van der Waals surface area contributed by atoms with Crippen LogP contribution >= 0.6 is 0 Å². The molecule has 6 nitrogen and oxygen atoms in total. The maximum Gasteiger partial charge on any atom is 0.157 e. The van der Waals surface area contributed by atoms with Crippen molar-refractivity contribution in [2.24, 2.45) is 0 Å². The molecule has 6 heteroatoms. The minimum atomic E-state index is -1.74. The van der Waals surface area contributed by atoms with Gasteiger partial charge in [-0.15, -0.1) is 0 Å². The van der Waals surface area contributed by atoms with Crippen LogP contribution in [0.4, 0.5) is 0 Å². The van der Waals surface area contributed by atoms with E-state index < -0.39 is 17.3 Å². The molecule has 0 saturated carbocycles. The summed E-state index contributed by atoms with van der Waals surface area (Å²) < 4.78 is 24.4. The van der Waals surface area contributed by atoms with Crippen LogP contribution < -0.4 is 18.9 Å². The molecule has 3 aromatic carbocycles. The summed E-state index contributed by atoms with van der Waals surface area (Å²) in [5.74, 6) is 2.31. The molecule has 194 valence electrons. The van der Waals surface area contributed by atoms with Crippen molar-refractivity contribution < 1.29 is 29.2 Å². The van der Waals surface area contributed by atoms with Crippen molar-refractivity contribution in [3.05, 3.63) is 88.5 Å². The Labute approximate surface area is 218 Å². The van der Waals surface area contributed by atoms with E-state index in [9.17, 15) is 10.2 Å². The molecule has 2 unspecified atom stereocenters. The van der Waals surface area contributed by atoms with Crippen LogP contribution in [0, 0.1) is 6.92 Å². The molecule has 0 spiro atoms. The van der Waals surface area contributed by atoms with E-state index in [4.69, 9.17) is 18.9 Å². The Morgan fingerprint density at radius 2 is 1.84 bits per heavy atom. The number of aliphatic hydroxyl groups excluding tert-OH is 1. The third kappa shape index (κ3) is 4.79. The summed E-state index contributed by atoms with van der Waals surface area (Å²) >= 11 is 0. The van der Waals surface area contributed by atoms with Gasteiger partial charge in [0.2, 0.25) is 0 Å². The van der Waals surface area contributed by atoms with Gasteiger partial charge in [-0.25, -0.2) is 0 Å². The standard InChI is InChI=1S/C31H34O6/c1-5-15-34-22-11-12-24(26(17-22)35-18-21-9-7-6-8-10-21)31(33)19-36-28-23-13-14-30(3,4)37-25(23)16-20(2)27(28)29(31)32/h6-14,16-17,29,32-33H,5,15,18-19H2,1-4H3. The molecule has 2 aliphatic rings. The fraction of sp³-hybridized carbons (Fsp3) is 0.355. The van der Waals surface area contributed by atoms with Gasteiger partial charge in [0, 0.05) is 17.2 Å². The molecule has 0 saturated heterocycles. The zero-order valence-corrected chi connectivity index (χ0v) is 21.8. The predicted octanol–water partition coefficient (Wildman–Crippen LogP) is 5.86. The van der Waals surface area contributed by atoms with Crippen molar-refractivity contribution in [3.63, 3.8) is 0 Å². The third-order valence-electron chi connectivity index (χ3n) is 6.84. The van der Waals surface area contributed by atoms with Gasteiger partial charge in [0.25, 0.3) is 0 Å². The Hall–Kier alpha value is -3.48. The summed E-state index contributed by atoms with van der Waals surface area (Å²) in [4.78, 5) is 0. The van der Waals surface area contributed by atoms with E-state index in [0.717, 1.165) is 23.1 Å². The highest BCUT2D eigenvalue weighted by molar-refractivity contribution is 5.71. The SMILES string of the molecule is CCCOc1ccc(C2(O)COc3c4c(cc(C)c3C2O)OC(C)(C)C=C4)c(OCc2ccccc2)c1. The van der Waals surface area contributed by atoms with Crippen LogP contribution in [-0.2, 0) is 12.2 Å². The van der Waals surface area contributed by atoms with Gasteiger partial charge in [-0.3, -0.25) is 0 Å². The van der Waals surface area contributed by atoms with E-state index in [-0.39, 0.29) is 6.61 Å². The van der Waals surface area contributed by atoms with Gasteiger partial charge in [-0.1, -0.05) is 37.3 Å². The monoisotopic (exact) mass is 502 g/mol. The zero-order chi connectivity index (χ0) is 26.2. The van der Waals surface area contributed by atoms with Gasteiger partial charge in [0.1, 0.15) is 47.9 Å². The normalized spacial score (nSPS) is 21.3. The lowest BCUT2D eigenvalue weighted by Gasteiger charge is -2.41. The van der Waals surface area contributed by atoms with Crippen molar-refractivity contribution in [3.8, 4) is 23.0 Å². The van der Waals surface area contributed by atoms with Crippen LogP contribution in [0.5, 0.6) is 23.0 Å². The maximum absolute atomic E-state index is 12.0. The summed E-state index contributed by atoms with van der Waals surface area (Å²) in [6.07, 6.45) is 3.55. The summed E-state index contributed by atoms with van der Waals surface area (Å²) in [6, 6.07) is 17.0. The lowest BCUT2D eigenvalue weighted by atomic mass is 9.80. The van der Waals surface area contributed by atoms with E-state index in [1.54, 1.807) is 18.2 Å². The predicted molar refractivity (Wildman–Crippen MR) is 142 cm³/mol. The summed E-state index contributed by atoms with van der Waals surface area (Å²) in [5, 5.41) is 23.6. The molecule has 0 fully saturated rings. The second-order valence-corrected chi connectivity index (χ2v) is 10.3. The average molecular weight is 503 g/mol. The first kappa shape index (κ1) is 25.2. The molecule has 5 rings (SSSR count). The van der Waals surface area contributed by atoms with E-state index in [1.807, 2.05) is 76.2 Å². The summed E-state index contributed by atoms with van der Waals surface area (Å²) in [6.45, 7) is 8.63. The number of fused-ring (bicyclic) bond motifs is 3. The number of hydrogen-bond acceptors (Lipinski definition) is 6. The fourth-order valence-corrected chi connectivity index (χ4v) is 4.88. The fourth-order valence-electron chi connectivity index (χ4n) is 4.88. The van der Waals surface area contributed by atoms with Crippen molar-refractivity contribution in [1.29, 1.82) is 0 Å². The largest absolute Gasteiger partial charge is 0.493 e. The molecular formula is C31H34O6. The second-order valence-electron chi connectivity index (χ2n) is 10.3. The van der Waals surface area contributed by atoms with Crippen LogP contribution in [0.25, 0.3) is 6.08 Å². The highest BCUT2D eigenvalue weighted by Crippen LogP contribution is 2.52. The number of hydrogen-bond donors (Lipinski definition) is 2. The molecule has 2 heterocycles. The third-order valence-corrected chi connectivity index (χ3v) is 6.84. The topological polar surface area (TPSA) is 77.4 Å². The lowest BCUT2D eigenvalue weighted by Crippen LogP contribution is -2.44. The molecule has 3 aromatic rings. The van der Waals surface area contributed by atoms with Gasteiger partial charge in [0.15, 0.2) is 5.60 Å². The molecule has 0 radical (unpaired) electrons.